The minimum atomic E-state index is 0. The fraction of sp³-hybridized carbons (Fsp3) is 0.630. The number of benzene rings is 3. The molecule has 0 N–H and O–H groups in total. The SMILES string of the molecule is CCCCCCCCCCCCc1ccc([C-](CC(C)CC)c2ccc([C-](CC(C)CC)c3ccc(CCCCCCCCCCCC)cc3)cc2)cc1.[Li+].[Li+]. The average molecular weight is 747 g/mol. The van der Waals surface area contributed by atoms with E-state index in [-0.39, 0.29) is 37.7 Å². The number of hydrogen-bond donors (Lipinski definition) is 0. The summed E-state index contributed by atoms with van der Waals surface area (Å²) in [6.07, 6.45) is 35.1. The van der Waals surface area contributed by atoms with Crippen LogP contribution in [0.3, 0.4) is 0 Å². The van der Waals surface area contributed by atoms with Gasteiger partial charge in [-0.2, -0.15) is 24.3 Å². The summed E-state index contributed by atoms with van der Waals surface area (Å²) in [7, 11) is 0. The van der Waals surface area contributed by atoms with Crippen molar-refractivity contribution >= 4 is 0 Å². The summed E-state index contributed by atoms with van der Waals surface area (Å²) < 4.78 is 0. The summed E-state index contributed by atoms with van der Waals surface area (Å²) in [5.41, 5.74) is 8.56. The molecule has 2 atom stereocenters. The third-order valence-electron chi connectivity index (χ3n) is 12.3. The maximum Gasteiger partial charge on any atom is 1.00 e. The summed E-state index contributed by atoms with van der Waals surface area (Å²) in [6, 6.07) is 29.0. The number of hydrogen-bond acceptors (Lipinski definition) is 0. The maximum absolute atomic E-state index is 2.42. The molecule has 2 unspecified atom stereocenters. The van der Waals surface area contributed by atoms with E-state index in [9.17, 15) is 0 Å². The summed E-state index contributed by atoms with van der Waals surface area (Å²) in [6.45, 7) is 14.1. The van der Waals surface area contributed by atoms with Gasteiger partial charge in [-0.3, -0.25) is 0 Å². The van der Waals surface area contributed by atoms with Gasteiger partial charge in [0.15, 0.2) is 0 Å². The van der Waals surface area contributed by atoms with Crippen molar-refractivity contribution in [3.05, 3.63) is 118 Å². The fourth-order valence-corrected chi connectivity index (χ4v) is 8.04. The van der Waals surface area contributed by atoms with Crippen molar-refractivity contribution in [2.75, 3.05) is 0 Å². The van der Waals surface area contributed by atoms with Crippen molar-refractivity contribution in [3.63, 3.8) is 0 Å². The first-order valence-corrected chi connectivity index (χ1v) is 23.5. The van der Waals surface area contributed by atoms with Crippen LogP contribution < -0.4 is 37.7 Å². The molecule has 3 aromatic carbocycles. The molecule has 0 saturated heterocycles. The van der Waals surface area contributed by atoms with Crippen LogP contribution in [-0.2, 0) is 12.8 Å². The quantitative estimate of drug-likeness (QED) is 0.0339. The number of rotatable bonds is 32. The zero-order valence-corrected chi connectivity index (χ0v) is 38.5. The van der Waals surface area contributed by atoms with Crippen molar-refractivity contribution < 1.29 is 37.7 Å². The van der Waals surface area contributed by atoms with Crippen LogP contribution in [0.25, 0.3) is 0 Å². The molecule has 0 aliphatic heterocycles. The van der Waals surface area contributed by atoms with Gasteiger partial charge < -0.3 is 0 Å². The Bertz CT molecular complexity index is 1190. The molecular formula is C54H84Li2. The van der Waals surface area contributed by atoms with Crippen LogP contribution in [0, 0.1) is 23.7 Å². The van der Waals surface area contributed by atoms with Gasteiger partial charge in [0, 0.05) is 0 Å². The molecule has 0 heterocycles. The van der Waals surface area contributed by atoms with E-state index < -0.39 is 0 Å². The molecule has 3 aromatic rings. The smallest absolute Gasteiger partial charge is 0.153 e. The van der Waals surface area contributed by atoms with E-state index in [1.165, 1.54) is 199 Å². The summed E-state index contributed by atoms with van der Waals surface area (Å²) in [5.74, 6) is 4.33. The molecule has 0 aliphatic rings. The molecular weight excluding hydrogens is 662 g/mol. The Hall–Kier alpha value is -1.41. The molecule has 56 heavy (non-hydrogen) atoms. The Morgan fingerprint density at radius 1 is 0.339 bits per heavy atom. The van der Waals surface area contributed by atoms with Crippen LogP contribution in [0.5, 0.6) is 0 Å². The van der Waals surface area contributed by atoms with Crippen LogP contribution in [0.2, 0.25) is 0 Å². The van der Waals surface area contributed by atoms with Gasteiger partial charge in [0.05, 0.1) is 0 Å². The zero-order chi connectivity index (χ0) is 38.6. The molecule has 0 amide bonds. The van der Waals surface area contributed by atoms with Crippen LogP contribution in [0.1, 0.15) is 229 Å². The second-order valence-electron chi connectivity index (χ2n) is 17.2. The second-order valence-corrected chi connectivity index (χ2v) is 17.2. The Balaban J connectivity index is 0.00000784. The first kappa shape index (κ1) is 52.6. The molecule has 302 valence electrons. The normalized spacial score (nSPS) is 12.1. The van der Waals surface area contributed by atoms with E-state index in [2.05, 4.69) is 114 Å². The molecule has 2 heteroatoms. The Morgan fingerprint density at radius 3 is 0.821 bits per heavy atom. The van der Waals surface area contributed by atoms with Gasteiger partial charge in [0.25, 0.3) is 0 Å². The van der Waals surface area contributed by atoms with Crippen LogP contribution in [0.4, 0.5) is 0 Å². The fourth-order valence-electron chi connectivity index (χ4n) is 8.04. The van der Waals surface area contributed by atoms with Crippen molar-refractivity contribution in [2.45, 2.75) is 208 Å². The Morgan fingerprint density at radius 2 is 0.571 bits per heavy atom. The van der Waals surface area contributed by atoms with Gasteiger partial charge >= 0.3 is 37.7 Å². The van der Waals surface area contributed by atoms with Gasteiger partial charge in [-0.05, 0) is 37.5 Å². The number of aryl methyl sites for hydroxylation is 2. The van der Waals surface area contributed by atoms with E-state index in [1.54, 1.807) is 0 Å². The van der Waals surface area contributed by atoms with Crippen molar-refractivity contribution in [3.8, 4) is 0 Å². The summed E-state index contributed by atoms with van der Waals surface area (Å²) in [5, 5.41) is 0. The molecule has 0 nitrogen and oxygen atoms in total. The monoisotopic (exact) mass is 747 g/mol. The predicted molar refractivity (Wildman–Crippen MR) is 241 cm³/mol. The second kappa shape index (κ2) is 33.4. The van der Waals surface area contributed by atoms with Crippen LogP contribution in [0.15, 0.2) is 72.8 Å². The van der Waals surface area contributed by atoms with Gasteiger partial charge in [0.1, 0.15) is 0 Å². The number of unbranched alkanes of at least 4 members (excludes halogenated alkanes) is 18. The van der Waals surface area contributed by atoms with Crippen molar-refractivity contribution in [1.29, 1.82) is 0 Å². The van der Waals surface area contributed by atoms with E-state index in [0.29, 0.717) is 11.8 Å². The van der Waals surface area contributed by atoms with Crippen molar-refractivity contribution in [2.24, 2.45) is 11.8 Å². The zero-order valence-electron chi connectivity index (χ0n) is 38.5. The molecule has 0 aromatic heterocycles. The third-order valence-corrected chi connectivity index (χ3v) is 12.3. The average Bonchev–Trinajstić information content (AvgIpc) is 3.21. The predicted octanol–water partition coefficient (Wildman–Crippen LogP) is 11.4. The molecule has 0 aliphatic carbocycles. The summed E-state index contributed by atoms with van der Waals surface area (Å²) in [4.78, 5) is 0. The first-order chi connectivity index (χ1) is 26.5. The minimum Gasteiger partial charge on any atom is -0.153 e. The molecule has 0 saturated carbocycles. The topological polar surface area (TPSA) is 0 Å². The van der Waals surface area contributed by atoms with Crippen LogP contribution >= 0.6 is 0 Å². The standard InChI is InChI=1S/C54H84.2Li/c1-7-11-13-15-17-19-21-23-25-27-29-47-31-35-49(36-32-47)53(43-45(5)9-3)51-39-41-52(42-40-51)54(44-46(6)10-4)50-37-33-48(34-38-50)30-28-26-24-22-20-18-16-14-12-8-2;;/h31-42,45-46H,7-30,43-44H2,1-6H3;;/q-2;2*+1. The van der Waals surface area contributed by atoms with Gasteiger partial charge in [0.2, 0.25) is 0 Å². The third kappa shape index (κ3) is 21.6. The van der Waals surface area contributed by atoms with E-state index in [0.717, 1.165) is 12.8 Å². The maximum atomic E-state index is 2.42. The molecule has 3 rings (SSSR count). The molecule has 0 bridgehead atoms. The minimum absolute atomic E-state index is 0. The van der Waals surface area contributed by atoms with E-state index in [1.807, 2.05) is 0 Å². The Kier molecular flexibility index (Phi) is 31.4. The van der Waals surface area contributed by atoms with E-state index >= 15 is 0 Å². The Labute approximate surface area is 373 Å². The summed E-state index contributed by atoms with van der Waals surface area (Å²) >= 11 is 0. The molecule has 0 radical (unpaired) electrons. The van der Waals surface area contributed by atoms with Crippen molar-refractivity contribution in [1.82, 2.24) is 0 Å². The van der Waals surface area contributed by atoms with E-state index in [4.69, 9.17) is 0 Å². The first-order valence-electron chi connectivity index (χ1n) is 23.5. The molecule has 0 fully saturated rings. The van der Waals surface area contributed by atoms with Gasteiger partial charge in [-0.1, -0.05) is 218 Å². The van der Waals surface area contributed by atoms with Gasteiger partial charge in [-0.15, -0.1) is 58.4 Å². The van der Waals surface area contributed by atoms with Gasteiger partial charge in [-0.25, -0.2) is 0 Å². The largest absolute Gasteiger partial charge is 1.00 e. The van der Waals surface area contributed by atoms with Crippen LogP contribution in [-0.4, -0.2) is 0 Å². The molecule has 0 spiro atoms.